The fraction of sp³-hybridized carbons (Fsp3) is 0.227. The third kappa shape index (κ3) is 4.67. The van der Waals surface area contributed by atoms with E-state index in [0.29, 0.717) is 44.4 Å². The summed E-state index contributed by atoms with van der Waals surface area (Å²) in [6.07, 6.45) is 3.47. The van der Waals surface area contributed by atoms with Crippen LogP contribution in [0.3, 0.4) is 0 Å². The zero-order chi connectivity index (χ0) is 23.1. The van der Waals surface area contributed by atoms with Gasteiger partial charge in [0.15, 0.2) is 11.5 Å². The normalized spacial score (nSPS) is 13.2. The van der Waals surface area contributed by atoms with Crippen LogP contribution < -0.4 is 15.4 Å². The number of benzene rings is 1. The minimum Gasteiger partial charge on any atom is -0.438 e. The third-order valence-corrected chi connectivity index (χ3v) is 6.41. The Morgan fingerprint density at radius 3 is 2.70 bits per heavy atom. The van der Waals surface area contributed by atoms with Crippen LogP contribution in [-0.2, 0) is 4.79 Å². The fourth-order valence-electron chi connectivity index (χ4n) is 3.26. The third-order valence-electron chi connectivity index (χ3n) is 5.01. The molecule has 4 aromatic rings. The van der Waals surface area contributed by atoms with Gasteiger partial charge in [-0.25, -0.2) is 14.5 Å². The van der Waals surface area contributed by atoms with Gasteiger partial charge >= 0.3 is 0 Å². The second kappa shape index (κ2) is 8.45. The number of rotatable bonds is 6. The summed E-state index contributed by atoms with van der Waals surface area (Å²) >= 11 is 7.60. The number of amides is 2. The molecule has 168 valence electrons. The fourth-order valence-corrected chi connectivity index (χ4v) is 4.24. The molecule has 0 saturated heterocycles. The maximum atomic E-state index is 12.6. The largest absolute Gasteiger partial charge is 0.438 e. The maximum Gasteiger partial charge on any atom is 0.267 e. The smallest absolute Gasteiger partial charge is 0.267 e. The second-order valence-corrected chi connectivity index (χ2v) is 9.32. The molecule has 5 rings (SSSR count). The molecule has 1 aromatic carbocycles. The van der Waals surface area contributed by atoms with Crippen LogP contribution in [0.2, 0.25) is 5.02 Å². The highest BCUT2D eigenvalue weighted by atomic mass is 35.5. The van der Waals surface area contributed by atoms with E-state index in [9.17, 15) is 9.59 Å². The second-order valence-electron chi connectivity index (χ2n) is 7.71. The Morgan fingerprint density at radius 1 is 1.15 bits per heavy atom. The van der Waals surface area contributed by atoms with Crippen molar-refractivity contribution in [2.75, 3.05) is 10.6 Å². The molecule has 2 amide bonds. The molecule has 33 heavy (non-hydrogen) atoms. The molecule has 2 N–H and O–H groups in total. The van der Waals surface area contributed by atoms with E-state index in [4.69, 9.17) is 16.3 Å². The Morgan fingerprint density at radius 2 is 1.97 bits per heavy atom. The van der Waals surface area contributed by atoms with E-state index in [2.05, 4.69) is 25.7 Å². The molecule has 9 nitrogen and oxygen atoms in total. The van der Waals surface area contributed by atoms with Gasteiger partial charge in [0.2, 0.25) is 11.8 Å². The van der Waals surface area contributed by atoms with E-state index in [1.54, 1.807) is 43.5 Å². The van der Waals surface area contributed by atoms with Crippen molar-refractivity contribution in [1.82, 2.24) is 19.6 Å². The Labute approximate surface area is 197 Å². The highest BCUT2D eigenvalue weighted by molar-refractivity contribution is 7.13. The summed E-state index contributed by atoms with van der Waals surface area (Å²) in [5.41, 5.74) is 1.66. The van der Waals surface area contributed by atoms with Crippen LogP contribution in [-0.4, -0.2) is 31.4 Å². The molecular formula is C22H19ClN6O3S. The zero-order valence-electron chi connectivity index (χ0n) is 17.8. The van der Waals surface area contributed by atoms with Gasteiger partial charge in [-0.2, -0.15) is 0 Å². The minimum atomic E-state index is -0.282. The van der Waals surface area contributed by atoms with Crippen molar-refractivity contribution >= 4 is 51.9 Å². The molecule has 0 aliphatic heterocycles. The molecule has 0 bridgehead atoms. The summed E-state index contributed by atoms with van der Waals surface area (Å²) < 4.78 is 7.40. The number of fused-ring (bicyclic) bond motifs is 1. The van der Waals surface area contributed by atoms with Crippen LogP contribution in [0.5, 0.6) is 11.6 Å². The number of nitrogens with zero attached hydrogens (tertiary/aromatic N) is 4. The van der Waals surface area contributed by atoms with E-state index in [0.717, 1.165) is 17.8 Å². The van der Waals surface area contributed by atoms with Crippen molar-refractivity contribution in [3.05, 3.63) is 57.1 Å². The van der Waals surface area contributed by atoms with Crippen LogP contribution in [0.4, 0.5) is 11.5 Å². The van der Waals surface area contributed by atoms with Crippen LogP contribution in [0, 0.1) is 19.8 Å². The van der Waals surface area contributed by atoms with Gasteiger partial charge in [0.25, 0.3) is 5.91 Å². The van der Waals surface area contributed by atoms with E-state index < -0.39 is 0 Å². The van der Waals surface area contributed by atoms with Crippen LogP contribution >= 0.6 is 22.9 Å². The standard InChI is InChI=1S/C22H19ClN6O3S/c1-11-20(33-12(2)24-11)22(31)25-16-9-14(5-6-15(16)23)32-19-8-7-18-26-17(10-29(18)28-19)27-21(30)13-3-4-13/h5-10,13H,3-4H2,1-2H3,(H,25,31)(H,27,30). The van der Waals surface area contributed by atoms with E-state index in [1.807, 2.05) is 6.92 Å². The number of aromatic nitrogens is 4. The highest BCUT2D eigenvalue weighted by Gasteiger charge is 2.30. The Kier molecular flexibility index (Phi) is 5.47. The number of carbonyl (C=O) groups is 2. The first-order chi connectivity index (χ1) is 15.9. The Hall–Kier alpha value is -3.50. The molecule has 3 aromatic heterocycles. The molecule has 1 saturated carbocycles. The van der Waals surface area contributed by atoms with E-state index >= 15 is 0 Å². The molecule has 1 aliphatic carbocycles. The Balaban J connectivity index is 1.32. The Bertz CT molecular complexity index is 1390. The lowest BCUT2D eigenvalue weighted by atomic mass is 10.3. The average Bonchev–Trinajstić information content (AvgIpc) is 3.46. The van der Waals surface area contributed by atoms with E-state index in [-0.39, 0.29) is 17.7 Å². The first kappa shape index (κ1) is 21.4. The average molecular weight is 483 g/mol. The van der Waals surface area contributed by atoms with Crippen LogP contribution in [0.15, 0.2) is 36.5 Å². The molecule has 1 aliphatic rings. The topological polar surface area (TPSA) is 111 Å². The molecule has 11 heteroatoms. The summed E-state index contributed by atoms with van der Waals surface area (Å²) in [7, 11) is 0. The van der Waals surface area contributed by atoms with Crippen molar-refractivity contribution in [2.45, 2.75) is 26.7 Å². The highest BCUT2D eigenvalue weighted by Crippen LogP contribution is 2.31. The number of nitrogens with one attached hydrogen (secondary N) is 2. The number of thiazole rings is 1. The molecule has 0 unspecified atom stereocenters. The van der Waals surface area contributed by atoms with Gasteiger partial charge in [0, 0.05) is 18.1 Å². The van der Waals surface area contributed by atoms with Gasteiger partial charge < -0.3 is 15.4 Å². The number of hydrogen-bond acceptors (Lipinski definition) is 7. The molecule has 0 spiro atoms. The predicted molar refractivity (Wildman–Crippen MR) is 125 cm³/mol. The molecule has 3 heterocycles. The first-order valence-electron chi connectivity index (χ1n) is 10.3. The number of carbonyl (C=O) groups excluding carboxylic acids is 2. The quantitative estimate of drug-likeness (QED) is 0.406. The van der Waals surface area contributed by atoms with Crippen molar-refractivity contribution in [2.24, 2.45) is 5.92 Å². The van der Waals surface area contributed by atoms with Gasteiger partial charge in [0.05, 0.1) is 27.6 Å². The number of aryl methyl sites for hydroxylation is 2. The summed E-state index contributed by atoms with van der Waals surface area (Å²) in [6, 6.07) is 8.36. The number of ether oxygens (including phenoxy) is 1. The number of hydrogen-bond donors (Lipinski definition) is 2. The van der Waals surface area contributed by atoms with Gasteiger partial charge in [0.1, 0.15) is 10.6 Å². The van der Waals surface area contributed by atoms with Crippen LogP contribution in [0.1, 0.15) is 33.2 Å². The molecular weight excluding hydrogens is 464 g/mol. The molecule has 1 fully saturated rings. The lowest BCUT2D eigenvalue weighted by molar-refractivity contribution is -0.117. The monoisotopic (exact) mass is 482 g/mol. The number of halogens is 1. The predicted octanol–water partition coefficient (Wildman–Crippen LogP) is 4.85. The van der Waals surface area contributed by atoms with Gasteiger partial charge in [-0.05, 0) is 44.9 Å². The summed E-state index contributed by atoms with van der Waals surface area (Å²) in [6.45, 7) is 3.64. The van der Waals surface area contributed by atoms with Gasteiger partial charge in [-0.3, -0.25) is 9.59 Å². The van der Waals surface area contributed by atoms with Crippen molar-refractivity contribution in [1.29, 1.82) is 0 Å². The minimum absolute atomic E-state index is 0.0192. The maximum absolute atomic E-state index is 12.6. The lowest BCUT2D eigenvalue weighted by Crippen LogP contribution is -2.13. The summed E-state index contributed by atoms with van der Waals surface area (Å²) in [5.74, 6) is 0.992. The van der Waals surface area contributed by atoms with Gasteiger partial charge in [-0.1, -0.05) is 11.6 Å². The first-order valence-corrected chi connectivity index (χ1v) is 11.5. The lowest BCUT2D eigenvalue weighted by Gasteiger charge is -2.10. The summed E-state index contributed by atoms with van der Waals surface area (Å²) in [5, 5.41) is 11.2. The number of anilines is 2. The SMILES string of the molecule is Cc1nc(C)c(C(=O)Nc2cc(Oc3ccc4nc(NC(=O)C5CC5)cn4n3)ccc2Cl)s1. The van der Waals surface area contributed by atoms with Crippen LogP contribution in [0.25, 0.3) is 5.65 Å². The van der Waals surface area contributed by atoms with Crippen molar-refractivity contribution in [3.63, 3.8) is 0 Å². The number of imidazole rings is 1. The molecule has 0 atom stereocenters. The van der Waals surface area contributed by atoms with Crippen molar-refractivity contribution < 1.29 is 14.3 Å². The summed E-state index contributed by atoms with van der Waals surface area (Å²) in [4.78, 5) is 33.8. The zero-order valence-corrected chi connectivity index (χ0v) is 19.3. The van der Waals surface area contributed by atoms with Crippen molar-refractivity contribution in [3.8, 4) is 11.6 Å². The molecule has 0 radical (unpaired) electrons. The van der Waals surface area contributed by atoms with E-state index in [1.165, 1.54) is 15.9 Å². The van der Waals surface area contributed by atoms with Gasteiger partial charge in [-0.15, -0.1) is 16.4 Å².